The van der Waals surface area contributed by atoms with E-state index < -0.39 is 12.0 Å². The number of carbonyl (C=O) groups excluding carboxylic acids is 3. The van der Waals surface area contributed by atoms with Crippen LogP contribution in [0.1, 0.15) is 13.3 Å². The molecule has 7 heteroatoms. The summed E-state index contributed by atoms with van der Waals surface area (Å²) in [6, 6.07) is 7.00. The number of anilines is 1. The number of ether oxygens (including phenoxy) is 1. The van der Waals surface area contributed by atoms with Gasteiger partial charge in [-0.3, -0.25) is 14.4 Å². The van der Waals surface area contributed by atoms with E-state index in [1.807, 2.05) is 0 Å². The number of hydrogen-bond acceptors (Lipinski definition) is 4. The standard InChI is InChI=1S/C14H17N3O4/c1-2-15-13(19)8-16-12(18)7-11-14(20)17-9-5-3-4-6-10(9)21-11/h3-6,11H,2,7-8H2,1H3,(H,15,19)(H,16,18)(H,17,20)/t11-/m1/s1. The molecule has 0 bridgehead atoms. The zero-order chi connectivity index (χ0) is 15.2. The SMILES string of the molecule is CCNC(=O)CNC(=O)C[C@H]1Oc2ccccc2NC1=O. The first-order chi connectivity index (χ1) is 10.1. The summed E-state index contributed by atoms with van der Waals surface area (Å²) in [4.78, 5) is 34.8. The van der Waals surface area contributed by atoms with E-state index in [-0.39, 0.29) is 24.8 Å². The Kier molecular flexibility index (Phi) is 4.76. The van der Waals surface area contributed by atoms with Gasteiger partial charge in [-0.1, -0.05) is 12.1 Å². The van der Waals surface area contributed by atoms with Crippen molar-refractivity contribution in [2.45, 2.75) is 19.4 Å². The van der Waals surface area contributed by atoms with Crippen molar-refractivity contribution in [3.05, 3.63) is 24.3 Å². The van der Waals surface area contributed by atoms with Crippen LogP contribution >= 0.6 is 0 Å². The van der Waals surface area contributed by atoms with Crippen LogP contribution in [0.25, 0.3) is 0 Å². The van der Waals surface area contributed by atoms with Crippen molar-refractivity contribution in [2.24, 2.45) is 0 Å². The fourth-order valence-electron chi connectivity index (χ4n) is 1.91. The quantitative estimate of drug-likeness (QED) is 0.713. The van der Waals surface area contributed by atoms with E-state index in [2.05, 4.69) is 16.0 Å². The van der Waals surface area contributed by atoms with E-state index in [0.717, 1.165) is 0 Å². The normalized spacial score (nSPS) is 16.2. The van der Waals surface area contributed by atoms with Crippen LogP contribution in [0.15, 0.2) is 24.3 Å². The van der Waals surface area contributed by atoms with Gasteiger partial charge in [0.05, 0.1) is 18.7 Å². The van der Waals surface area contributed by atoms with E-state index in [0.29, 0.717) is 18.0 Å². The maximum atomic E-state index is 11.8. The molecular formula is C14H17N3O4. The summed E-state index contributed by atoms with van der Waals surface area (Å²) >= 11 is 0. The fraction of sp³-hybridized carbons (Fsp3) is 0.357. The van der Waals surface area contributed by atoms with Crippen LogP contribution in [0.5, 0.6) is 5.75 Å². The first kappa shape index (κ1) is 14.8. The van der Waals surface area contributed by atoms with E-state index in [1.165, 1.54) is 0 Å². The molecule has 1 heterocycles. The minimum atomic E-state index is -0.894. The van der Waals surface area contributed by atoms with Crippen LogP contribution in [-0.4, -0.2) is 36.9 Å². The summed E-state index contributed by atoms with van der Waals surface area (Å²) in [6.45, 7) is 2.18. The van der Waals surface area contributed by atoms with Gasteiger partial charge < -0.3 is 20.7 Å². The first-order valence-corrected chi connectivity index (χ1v) is 6.70. The lowest BCUT2D eigenvalue weighted by atomic mass is 10.1. The molecule has 1 aliphatic rings. The summed E-state index contributed by atoms with van der Waals surface area (Å²) in [5, 5.41) is 7.69. The second-order valence-electron chi connectivity index (χ2n) is 4.53. The molecule has 1 aromatic rings. The fourth-order valence-corrected chi connectivity index (χ4v) is 1.91. The number of amides is 3. The van der Waals surface area contributed by atoms with Gasteiger partial charge >= 0.3 is 0 Å². The monoisotopic (exact) mass is 291 g/mol. The van der Waals surface area contributed by atoms with E-state index in [9.17, 15) is 14.4 Å². The number of para-hydroxylation sites is 2. The minimum Gasteiger partial charge on any atom is -0.478 e. The summed E-state index contributed by atoms with van der Waals surface area (Å²) in [6.07, 6.45) is -1.03. The highest BCUT2D eigenvalue weighted by molar-refractivity contribution is 6.00. The Morgan fingerprint density at radius 3 is 2.76 bits per heavy atom. The average Bonchev–Trinajstić information content (AvgIpc) is 2.46. The minimum absolute atomic E-state index is 0.113. The molecule has 0 saturated heterocycles. The highest BCUT2D eigenvalue weighted by Crippen LogP contribution is 2.29. The lowest BCUT2D eigenvalue weighted by molar-refractivity contribution is -0.131. The molecule has 1 aliphatic heterocycles. The maximum absolute atomic E-state index is 11.8. The number of hydrogen-bond donors (Lipinski definition) is 3. The smallest absolute Gasteiger partial charge is 0.266 e. The molecule has 0 fully saturated rings. The Bertz CT molecular complexity index is 559. The van der Waals surface area contributed by atoms with E-state index >= 15 is 0 Å². The molecule has 0 saturated carbocycles. The van der Waals surface area contributed by atoms with Crippen molar-refractivity contribution in [2.75, 3.05) is 18.4 Å². The predicted molar refractivity (Wildman–Crippen MR) is 75.8 cm³/mol. The third-order valence-electron chi connectivity index (χ3n) is 2.90. The van der Waals surface area contributed by atoms with Crippen molar-refractivity contribution in [1.29, 1.82) is 0 Å². The average molecular weight is 291 g/mol. The topological polar surface area (TPSA) is 96.5 Å². The highest BCUT2D eigenvalue weighted by atomic mass is 16.5. The second kappa shape index (κ2) is 6.74. The summed E-state index contributed by atoms with van der Waals surface area (Å²) in [5.41, 5.74) is 0.585. The number of rotatable bonds is 5. The van der Waals surface area contributed by atoms with Crippen molar-refractivity contribution in [3.63, 3.8) is 0 Å². The molecule has 0 radical (unpaired) electrons. The zero-order valence-electron chi connectivity index (χ0n) is 11.6. The Morgan fingerprint density at radius 2 is 2.00 bits per heavy atom. The Morgan fingerprint density at radius 1 is 1.24 bits per heavy atom. The first-order valence-electron chi connectivity index (χ1n) is 6.70. The second-order valence-corrected chi connectivity index (χ2v) is 4.53. The van der Waals surface area contributed by atoms with Crippen LogP contribution in [0, 0.1) is 0 Å². The summed E-state index contributed by atoms with van der Waals surface area (Å²) in [7, 11) is 0. The lowest BCUT2D eigenvalue weighted by Crippen LogP contribution is -2.43. The Balaban J connectivity index is 1.87. The van der Waals surface area contributed by atoms with E-state index in [1.54, 1.807) is 31.2 Å². The van der Waals surface area contributed by atoms with Crippen LogP contribution < -0.4 is 20.7 Å². The van der Waals surface area contributed by atoms with Gasteiger partial charge in [0.1, 0.15) is 5.75 Å². The van der Waals surface area contributed by atoms with E-state index in [4.69, 9.17) is 4.74 Å². The molecule has 0 aromatic heterocycles. The lowest BCUT2D eigenvalue weighted by Gasteiger charge is -2.25. The van der Waals surface area contributed by atoms with Crippen LogP contribution in [-0.2, 0) is 14.4 Å². The molecule has 7 nitrogen and oxygen atoms in total. The molecule has 112 valence electrons. The largest absolute Gasteiger partial charge is 0.478 e. The third kappa shape index (κ3) is 3.95. The molecule has 0 unspecified atom stereocenters. The van der Waals surface area contributed by atoms with Crippen molar-refractivity contribution >= 4 is 23.4 Å². The number of benzene rings is 1. The Labute approximate surface area is 122 Å². The summed E-state index contributed by atoms with van der Waals surface area (Å²) in [5.74, 6) is -0.536. The predicted octanol–water partition coefficient (Wildman–Crippen LogP) is 0.0285. The molecule has 3 N–H and O–H groups in total. The van der Waals surface area contributed by atoms with Gasteiger partial charge in [-0.15, -0.1) is 0 Å². The van der Waals surface area contributed by atoms with Gasteiger partial charge in [-0.05, 0) is 19.1 Å². The maximum Gasteiger partial charge on any atom is 0.266 e. The summed E-state index contributed by atoms with van der Waals surface area (Å²) < 4.78 is 5.50. The molecule has 0 spiro atoms. The number of fused-ring (bicyclic) bond motifs is 1. The van der Waals surface area contributed by atoms with Gasteiger partial charge in [0.25, 0.3) is 5.91 Å². The molecule has 1 atom stereocenters. The molecular weight excluding hydrogens is 274 g/mol. The van der Waals surface area contributed by atoms with Gasteiger partial charge in [0.15, 0.2) is 6.10 Å². The number of carbonyl (C=O) groups is 3. The van der Waals surface area contributed by atoms with Crippen LogP contribution in [0.2, 0.25) is 0 Å². The third-order valence-corrected chi connectivity index (χ3v) is 2.90. The van der Waals surface area contributed by atoms with Gasteiger partial charge in [-0.2, -0.15) is 0 Å². The van der Waals surface area contributed by atoms with Crippen LogP contribution in [0.4, 0.5) is 5.69 Å². The van der Waals surface area contributed by atoms with Gasteiger partial charge in [-0.25, -0.2) is 0 Å². The molecule has 0 aliphatic carbocycles. The van der Waals surface area contributed by atoms with Crippen molar-refractivity contribution in [3.8, 4) is 5.75 Å². The highest BCUT2D eigenvalue weighted by Gasteiger charge is 2.29. The molecule has 3 amide bonds. The van der Waals surface area contributed by atoms with Crippen LogP contribution in [0.3, 0.4) is 0 Å². The van der Waals surface area contributed by atoms with Crippen molar-refractivity contribution < 1.29 is 19.1 Å². The molecule has 2 rings (SSSR count). The van der Waals surface area contributed by atoms with Gasteiger partial charge in [0, 0.05) is 6.54 Å². The Hall–Kier alpha value is -2.57. The van der Waals surface area contributed by atoms with Crippen molar-refractivity contribution in [1.82, 2.24) is 10.6 Å². The number of likely N-dealkylation sites (N-methyl/N-ethyl adjacent to an activating group) is 1. The zero-order valence-corrected chi connectivity index (χ0v) is 11.6. The molecule has 1 aromatic carbocycles. The number of nitrogens with one attached hydrogen (secondary N) is 3. The molecule has 21 heavy (non-hydrogen) atoms. The van der Waals surface area contributed by atoms with Gasteiger partial charge in [0.2, 0.25) is 11.8 Å².